The van der Waals surface area contributed by atoms with Gasteiger partial charge in [0.1, 0.15) is 0 Å². The van der Waals surface area contributed by atoms with Gasteiger partial charge in [-0.3, -0.25) is 9.78 Å². The van der Waals surface area contributed by atoms with Crippen LogP contribution in [-0.2, 0) is 6.54 Å². The van der Waals surface area contributed by atoms with Gasteiger partial charge in [-0.15, -0.1) is 11.3 Å². The molecule has 134 valence electrons. The molecule has 4 rings (SSSR count). The van der Waals surface area contributed by atoms with Gasteiger partial charge in [0.2, 0.25) is 0 Å². The Balaban J connectivity index is 1.64. The molecule has 5 nitrogen and oxygen atoms in total. The predicted molar refractivity (Wildman–Crippen MR) is 107 cm³/mol. The van der Waals surface area contributed by atoms with Crippen molar-refractivity contribution in [3.63, 3.8) is 0 Å². The molecule has 1 aromatic carbocycles. The van der Waals surface area contributed by atoms with Gasteiger partial charge in [0, 0.05) is 36.3 Å². The summed E-state index contributed by atoms with van der Waals surface area (Å²) >= 11 is 7.18. The van der Waals surface area contributed by atoms with E-state index in [-0.39, 0.29) is 5.91 Å². The fourth-order valence-electron chi connectivity index (χ4n) is 2.70. The summed E-state index contributed by atoms with van der Waals surface area (Å²) in [7, 11) is 0. The normalized spacial score (nSPS) is 10.7. The van der Waals surface area contributed by atoms with Gasteiger partial charge in [-0.05, 0) is 36.4 Å². The van der Waals surface area contributed by atoms with E-state index in [1.807, 2.05) is 53.3 Å². The zero-order valence-corrected chi connectivity index (χ0v) is 15.7. The zero-order chi connectivity index (χ0) is 18.6. The molecule has 0 spiro atoms. The molecular weight excluding hydrogens is 380 g/mol. The van der Waals surface area contributed by atoms with Crippen LogP contribution in [0.15, 0.2) is 73.2 Å². The summed E-state index contributed by atoms with van der Waals surface area (Å²) in [6.45, 7) is 0.360. The molecule has 3 heterocycles. The van der Waals surface area contributed by atoms with Crippen molar-refractivity contribution < 1.29 is 4.79 Å². The molecule has 0 aliphatic carbocycles. The van der Waals surface area contributed by atoms with Crippen molar-refractivity contribution in [1.29, 1.82) is 0 Å². The largest absolute Gasteiger partial charge is 0.347 e. The molecule has 0 bridgehead atoms. The molecule has 0 saturated heterocycles. The second-order valence-corrected chi connectivity index (χ2v) is 7.52. The second-order valence-electron chi connectivity index (χ2n) is 5.81. The van der Waals surface area contributed by atoms with E-state index < -0.39 is 0 Å². The van der Waals surface area contributed by atoms with Gasteiger partial charge in [0.05, 0.1) is 20.6 Å². The number of hydrogen-bond acceptors (Lipinski definition) is 4. The number of hydrogen-bond donors (Lipinski definition) is 1. The summed E-state index contributed by atoms with van der Waals surface area (Å²) in [5, 5.41) is 7.67. The van der Waals surface area contributed by atoms with E-state index in [1.54, 1.807) is 24.5 Å². The van der Waals surface area contributed by atoms with Crippen LogP contribution in [0.5, 0.6) is 0 Å². The highest BCUT2D eigenvalue weighted by Crippen LogP contribution is 2.24. The van der Waals surface area contributed by atoms with Crippen molar-refractivity contribution in [3.05, 3.63) is 88.0 Å². The third-order valence-corrected chi connectivity index (χ3v) is 5.23. The van der Waals surface area contributed by atoms with E-state index in [1.165, 1.54) is 11.3 Å². The van der Waals surface area contributed by atoms with Gasteiger partial charge in [-0.1, -0.05) is 29.8 Å². The molecule has 0 fully saturated rings. The molecule has 1 N–H and O–H groups in total. The van der Waals surface area contributed by atoms with E-state index in [2.05, 4.69) is 10.3 Å². The topological polar surface area (TPSA) is 59.8 Å². The lowest BCUT2D eigenvalue weighted by molar-refractivity contribution is 0.0955. The first-order chi connectivity index (χ1) is 13.2. The number of carbonyl (C=O) groups excluding carboxylic acids is 1. The molecule has 0 atom stereocenters. The van der Waals surface area contributed by atoms with Gasteiger partial charge in [0.25, 0.3) is 5.91 Å². The summed E-state index contributed by atoms with van der Waals surface area (Å²) < 4.78 is 2.41. The van der Waals surface area contributed by atoms with E-state index in [9.17, 15) is 4.79 Å². The number of nitrogens with zero attached hydrogens (tertiary/aromatic N) is 3. The SMILES string of the molecule is O=C(NCc1cn(-c2ccccc2)nc1-c1ccncc1)c1ccc(Cl)s1. The van der Waals surface area contributed by atoms with E-state index in [0.717, 1.165) is 22.5 Å². The van der Waals surface area contributed by atoms with Crippen LogP contribution in [0.25, 0.3) is 16.9 Å². The fourth-order valence-corrected chi connectivity index (χ4v) is 3.66. The van der Waals surface area contributed by atoms with Crippen LogP contribution in [0.3, 0.4) is 0 Å². The Morgan fingerprint density at radius 1 is 1.07 bits per heavy atom. The zero-order valence-electron chi connectivity index (χ0n) is 14.2. The van der Waals surface area contributed by atoms with Crippen LogP contribution < -0.4 is 5.32 Å². The standard InChI is InChI=1S/C20H15ClN4OS/c21-18-7-6-17(27-18)20(26)23-12-15-13-25(16-4-2-1-3-5-16)24-19(15)14-8-10-22-11-9-14/h1-11,13H,12H2,(H,23,26). The molecule has 3 aromatic heterocycles. The third kappa shape index (κ3) is 3.92. The first kappa shape index (κ1) is 17.5. The minimum Gasteiger partial charge on any atom is -0.347 e. The van der Waals surface area contributed by atoms with E-state index in [4.69, 9.17) is 16.7 Å². The Labute approximate surface area is 165 Å². The lowest BCUT2D eigenvalue weighted by Crippen LogP contribution is -2.21. The molecule has 0 unspecified atom stereocenters. The summed E-state index contributed by atoms with van der Waals surface area (Å²) in [4.78, 5) is 17.0. The maximum atomic E-state index is 12.4. The van der Waals surface area contributed by atoms with Crippen molar-refractivity contribution in [2.45, 2.75) is 6.54 Å². The maximum Gasteiger partial charge on any atom is 0.261 e. The number of amides is 1. The van der Waals surface area contributed by atoms with Gasteiger partial charge in [0.15, 0.2) is 0 Å². The Morgan fingerprint density at radius 2 is 1.85 bits per heavy atom. The maximum absolute atomic E-state index is 12.4. The number of nitrogens with one attached hydrogen (secondary N) is 1. The molecule has 0 aliphatic heterocycles. The molecule has 0 aliphatic rings. The second kappa shape index (κ2) is 7.73. The van der Waals surface area contributed by atoms with E-state index >= 15 is 0 Å². The first-order valence-electron chi connectivity index (χ1n) is 8.28. The number of pyridine rings is 1. The monoisotopic (exact) mass is 394 g/mol. The fraction of sp³-hybridized carbons (Fsp3) is 0.0500. The number of halogens is 1. The lowest BCUT2D eigenvalue weighted by atomic mass is 10.1. The van der Waals surface area contributed by atoms with Gasteiger partial charge < -0.3 is 5.32 Å². The van der Waals surface area contributed by atoms with Crippen LogP contribution >= 0.6 is 22.9 Å². The molecule has 27 heavy (non-hydrogen) atoms. The smallest absolute Gasteiger partial charge is 0.261 e. The predicted octanol–water partition coefficient (Wildman–Crippen LogP) is 4.58. The highest BCUT2D eigenvalue weighted by Gasteiger charge is 2.14. The minimum absolute atomic E-state index is 0.153. The molecule has 4 aromatic rings. The highest BCUT2D eigenvalue weighted by atomic mass is 35.5. The average molecular weight is 395 g/mol. The third-order valence-electron chi connectivity index (χ3n) is 4.00. The summed E-state index contributed by atoms with van der Waals surface area (Å²) in [5.41, 5.74) is 3.63. The van der Waals surface area contributed by atoms with Gasteiger partial charge in [-0.2, -0.15) is 5.10 Å². The van der Waals surface area contributed by atoms with Gasteiger partial charge >= 0.3 is 0 Å². The molecule has 1 amide bonds. The highest BCUT2D eigenvalue weighted by molar-refractivity contribution is 7.17. The molecule has 0 saturated carbocycles. The van der Waals surface area contributed by atoms with Crippen molar-refractivity contribution >= 4 is 28.8 Å². The summed E-state index contributed by atoms with van der Waals surface area (Å²) in [6, 6.07) is 17.1. The summed E-state index contributed by atoms with van der Waals surface area (Å²) in [6.07, 6.45) is 5.40. The van der Waals surface area contributed by atoms with Crippen molar-refractivity contribution in [1.82, 2.24) is 20.1 Å². The van der Waals surface area contributed by atoms with E-state index in [0.29, 0.717) is 15.8 Å². The number of carbonyl (C=O) groups is 1. The quantitative estimate of drug-likeness (QED) is 0.539. The average Bonchev–Trinajstić information content (AvgIpc) is 3.34. The van der Waals surface area contributed by atoms with Crippen LogP contribution in [0.2, 0.25) is 4.34 Å². The minimum atomic E-state index is -0.153. The number of rotatable bonds is 5. The molecule has 0 radical (unpaired) electrons. The van der Waals surface area contributed by atoms with Crippen LogP contribution in [0.4, 0.5) is 0 Å². The molecular formula is C20H15ClN4OS. The van der Waals surface area contributed by atoms with Crippen molar-refractivity contribution in [3.8, 4) is 16.9 Å². The van der Waals surface area contributed by atoms with Crippen LogP contribution in [0, 0.1) is 0 Å². The van der Waals surface area contributed by atoms with Crippen LogP contribution in [0.1, 0.15) is 15.2 Å². The van der Waals surface area contributed by atoms with Crippen molar-refractivity contribution in [2.24, 2.45) is 0 Å². The summed E-state index contributed by atoms with van der Waals surface area (Å²) in [5.74, 6) is -0.153. The Bertz CT molecular complexity index is 1060. The Morgan fingerprint density at radius 3 is 2.56 bits per heavy atom. The lowest BCUT2D eigenvalue weighted by Gasteiger charge is -2.04. The van der Waals surface area contributed by atoms with Crippen molar-refractivity contribution in [2.75, 3.05) is 0 Å². The first-order valence-corrected chi connectivity index (χ1v) is 9.48. The number of para-hydroxylation sites is 1. The molecule has 7 heteroatoms. The number of aromatic nitrogens is 3. The van der Waals surface area contributed by atoms with Gasteiger partial charge in [-0.25, -0.2) is 4.68 Å². The Kier molecular flexibility index (Phi) is 5.00. The number of benzene rings is 1. The van der Waals surface area contributed by atoms with Crippen LogP contribution in [-0.4, -0.2) is 20.7 Å². The Hall–Kier alpha value is -2.96. The number of thiophene rings is 1.